The normalized spacial score (nSPS) is 16.6. The minimum atomic E-state index is -1.98. The number of ether oxygens (including phenoxy) is 9. The molecule has 330 valence electrons. The number of carboxylic acids is 2. The van der Waals surface area contributed by atoms with Crippen LogP contribution in [0, 0.1) is 0 Å². The number of esters is 1. The lowest BCUT2D eigenvalue weighted by Gasteiger charge is -2.36. The number of carbonyl (C=O) groups is 5. The van der Waals surface area contributed by atoms with Gasteiger partial charge in [0, 0.05) is 25.7 Å². The van der Waals surface area contributed by atoms with E-state index in [4.69, 9.17) is 53.8 Å². The Kier molecular flexibility index (Phi) is 26.5. The molecule has 2 aromatic rings. The zero-order valence-electron chi connectivity index (χ0n) is 33.6. The molecule has 0 aromatic heterocycles. The Bertz CT molecular complexity index is 1460. The van der Waals surface area contributed by atoms with Gasteiger partial charge in [0.15, 0.2) is 11.5 Å². The van der Waals surface area contributed by atoms with E-state index < -0.39 is 42.3 Å². The molecule has 0 bridgehead atoms. The molecule has 0 aliphatic carbocycles. The molecular formula is C40H59N3O16. The first-order valence-electron chi connectivity index (χ1n) is 19.3. The number of benzene rings is 2. The van der Waals surface area contributed by atoms with Crippen molar-refractivity contribution in [3.05, 3.63) is 60.2 Å². The van der Waals surface area contributed by atoms with E-state index in [0.29, 0.717) is 59.3 Å². The predicted molar refractivity (Wildman–Crippen MR) is 210 cm³/mol. The molecule has 0 fully saturated rings. The lowest BCUT2D eigenvalue weighted by Crippen LogP contribution is -2.67. The van der Waals surface area contributed by atoms with Crippen LogP contribution in [0.4, 0.5) is 0 Å². The summed E-state index contributed by atoms with van der Waals surface area (Å²) in [5.74, 6) is -5.28. The van der Waals surface area contributed by atoms with Gasteiger partial charge in [-0.2, -0.15) is 0 Å². The third-order valence-electron chi connectivity index (χ3n) is 7.86. The minimum absolute atomic E-state index is 0.0391. The van der Waals surface area contributed by atoms with Crippen LogP contribution in [0.1, 0.15) is 44.1 Å². The molecule has 19 nitrogen and oxygen atoms in total. The molecular weight excluding hydrogens is 778 g/mol. The van der Waals surface area contributed by atoms with Crippen molar-refractivity contribution in [1.82, 2.24) is 10.6 Å². The first-order valence-corrected chi connectivity index (χ1v) is 19.3. The topological polar surface area (TPSA) is 259 Å². The number of hydrogen-bond acceptors (Lipinski definition) is 15. The molecule has 0 spiro atoms. The van der Waals surface area contributed by atoms with Gasteiger partial charge in [-0.15, -0.1) is 0 Å². The standard InChI is InChI=1S/C30H46N2O14.C10H13NO2/c33-26(7-3-9-28(35)36)31-30(32-27(34)8-4-10-29(37)38)23-44-20-19-42-16-15-40-12-11-39-13-14-41-17-18-43-21-22-45-24-5-1-2-6-25(24)46-30;1-13-10(12)9(11)7-8-5-3-2-4-6-8/h1-2,5-6H,3-4,7-23H2,(H,31,33)(H,32,34)(H,35,36)(H,37,38);2-6,9H,7,11H2,1H3/t;9-/m.0/s1. The molecule has 1 aliphatic heterocycles. The summed E-state index contributed by atoms with van der Waals surface area (Å²) in [7, 11) is 1.34. The highest BCUT2D eigenvalue weighted by molar-refractivity contribution is 5.80. The van der Waals surface area contributed by atoms with Crippen LogP contribution >= 0.6 is 0 Å². The molecule has 6 N–H and O–H groups in total. The fraction of sp³-hybridized carbons (Fsp3) is 0.575. The molecule has 3 rings (SSSR count). The summed E-state index contributed by atoms with van der Waals surface area (Å²) in [6.45, 7) is 3.19. The second-order valence-electron chi connectivity index (χ2n) is 12.7. The molecule has 19 heteroatoms. The minimum Gasteiger partial charge on any atom is -0.487 e. The van der Waals surface area contributed by atoms with E-state index in [1.807, 2.05) is 30.3 Å². The number of methoxy groups -OCH3 is 1. The van der Waals surface area contributed by atoms with Gasteiger partial charge in [0.25, 0.3) is 5.85 Å². The van der Waals surface area contributed by atoms with Crippen LogP contribution in [-0.4, -0.2) is 145 Å². The molecule has 0 unspecified atom stereocenters. The van der Waals surface area contributed by atoms with Gasteiger partial charge in [-0.05, 0) is 37.0 Å². The van der Waals surface area contributed by atoms with Crippen molar-refractivity contribution in [3.8, 4) is 11.5 Å². The summed E-state index contributed by atoms with van der Waals surface area (Å²) in [5.41, 5.74) is 6.63. The predicted octanol–water partition coefficient (Wildman–Crippen LogP) is 1.68. The maximum absolute atomic E-state index is 13.0. The van der Waals surface area contributed by atoms with E-state index in [1.165, 1.54) is 7.11 Å². The summed E-state index contributed by atoms with van der Waals surface area (Å²) in [6.07, 6.45) is -0.238. The summed E-state index contributed by atoms with van der Waals surface area (Å²) >= 11 is 0. The molecule has 0 saturated heterocycles. The van der Waals surface area contributed by atoms with Gasteiger partial charge in [0.1, 0.15) is 19.3 Å². The lowest BCUT2D eigenvalue weighted by atomic mass is 10.1. The van der Waals surface area contributed by atoms with Crippen molar-refractivity contribution in [2.24, 2.45) is 5.73 Å². The molecule has 2 amide bonds. The first kappa shape index (κ1) is 50.3. The Morgan fingerprint density at radius 1 is 0.627 bits per heavy atom. The fourth-order valence-corrected chi connectivity index (χ4v) is 5.03. The highest BCUT2D eigenvalue weighted by Crippen LogP contribution is 2.29. The Hall–Kier alpha value is -4.89. The average Bonchev–Trinajstić information content (AvgIpc) is 3.20. The molecule has 59 heavy (non-hydrogen) atoms. The number of rotatable bonds is 13. The van der Waals surface area contributed by atoms with Gasteiger partial charge >= 0.3 is 17.9 Å². The van der Waals surface area contributed by atoms with E-state index in [0.717, 1.165) is 5.56 Å². The highest BCUT2D eigenvalue weighted by atomic mass is 16.6. The van der Waals surface area contributed by atoms with Gasteiger partial charge in [0.2, 0.25) is 11.8 Å². The Morgan fingerprint density at radius 3 is 1.51 bits per heavy atom. The van der Waals surface area contributed by atoms with Crippen molar-refractivity contribution < 1.29 is 76.8 Å². The Balaban J connectivity index is 0.000000780. The second kappa shape index (κ2) is 31.1. The van der Waals surface area contributed by atoms with E-state index in [2.05, 4.69) is 15.4 Å². The van der Waals surface area contributed by atoms with Crippen LogP contribution in [0.3, 0.4) is 0 Å². The molecule has 0 radical (unpaired) electrons. The highest BCUT2D eigenvalue weighted by Gasteiger charge is 2.38. The van der Waals surface area contributed by atoms with Gasteiger partial charge in [-0.3, -0.25) is 34.6 Å². The summed E-state index contributed by atoms with van der Waals surface area (Å²) in [6, 6.07) is 15.6. The largest absolute Gasteiger partial charge is 0.487 e. The van der Waals surface area contributed by atoms with Crippen LogP contribution < -0.4 is 25.8 Å². The zero-order chi connectivity index (χ0) is 43.0. The van der Waals surface area contributed by atoms with Gasteiger partial charge < -0.3 is 58.6 Å². The Labute approximate surface area is 344 Å². The van der Waals surface area contributed by atoms with Crippen molar-refractivity contribution in [1.29, 1.82) is 0 Å². The van der Waals surface area contributed by atoms with Crippen LogP contribution in [0.15, 0.2) is 54.6 Å². The first-order chi connectivity index (χ1) is 28.5. The monoisotopic (exact) mass is 837 g/mol. The van der Waals surface area contributed by atoms with Crippen molar-refractivity contribution in [2.45, 2.75) is 56.8 Å². The Morgan fingerprint density at radius 2 is 1.05 bits per heavy atom. The van der Waals surface area contributed by atoms with Crippen molar-refractivity contribution in [3.63, 3.8) is 0 Å². The third-order valence-corrected chi connectivity index (χ3v) is 7.86. The summed E-state index contributed by atoms with van der Waals surface area (Å²) < 4.78 is 49.9. The number of para-hydroxylation sites is 2. The van der Waals surface area contributed by atoms with Gasteiger partial charge in [0.05, 0.1) is 79.8 Å². The molecule has 2 aromatic carbocycles. The zero-order valence-corrected chi connectivity index (χ0v) is 33.6. The molecule has 1 aliphatic rings. The number of hydrogen-bond donors (Lipinski definition) is 5. The van der Waals surface area contributed by atoms with Crippen LogP contribution in [0.2, 0.25) is 0 Å². The smallest absolute Gasteiger partial charge is 0.322 e. The molecule has 0 saturated carbocycles. The van der Waals surface area contributed by atoms with E-state index >= 15 is 0 Å². The number of aliphatic carboxylic acids is 2. The quantitative estimate of drug-likeness (QED) is 0.142. The molecule has 1 atom stereocenters. The molecule has 1 heterocycles. The maximum atomic E-state index is 13.0. The second-order valence-corrected chi connectivity index (χ2v) is 12.7. The average molecular weight is 838 g/mol. The lowest BCUT2D eigenvalue weighted by molar-refractivity contribution is -0.145. The number of nitrogens with one attached hydrogen (secondary N) is 2. The van der Waals surface area contributed by atoms with Crippen LogP contribution in [-0.2, 0) is 63.6 Å². The number of fused-ring (bicyclic) bond motifs is 1. The maximum Gasteiger partial charge on any atom is 0.322 e. The number of amides is 2. The SMILES string of the molecule is COC(=O)[C@@H](N)Cc1ccccc1.O=C(O)CCCC(=O)NC1(NC(=O)CCCC(=O)O)COCCOCCOCCOCCOCCOCCOc2ccccc2O1. The van der Waals surface area contributed by atoms with Crippen molar-refractivity contribution in [2.75, 3.05) is 93.0 Å². The third kappa shape index (κ3) is 24.6. The van der Waals surface area contributed by atoms with Crippen LogP contribution in [0.25, 0.3) is 0 Å². The number of carboxylic acid groups (broad SMARTS) is 2. The van der Waals surface area contributed by atoms with E-state index in [1.54, 1.807) is 24.3 Å². The van der Waals surface area contributed by atoms with Crippen LogP contribution in [0.5, 0.6) is 11.5 Å². The van der Waals surface area contributed by atoms with Crippen molar-refractivity contribution >= 4 is 29.7 Å². The number of carbonyl (C=O) groups excluding carboxylic acids is 3. The van der Waals surface area contributed by atoms with E-state index in [9.17, 15) is 24.0 Å². The summed E-state index contributed by atoms with van der Waals surface area (Å²) in [4.78, 5) is 59.0. The fourth-order valence-electron chi connectivity index (χ4n) is 5.03. The van der Waals surface area contributed by atoms with E-state index in [-0.39, 0.29) is 82.4 Å². The van der Waals surface area contributed by atoms with Gasteiger partial charge in [-0.1, -0.05) is 42.5 Å². The van der Waals surface area contributed by atoms with Gasteiger partial charge in [-0.25, -0.2) is 0 Å². The summed E-state index contributed by atoms with van der Waals surface area (Å²) in [5, 5.41) is 23.3. The number of nitrogens with two attached hydrogens (primary N) is 1.